The number of nitrogens with two attached hydrogens (primary N) is 1. The van der Waals surface area contributed by atoms with Crippen LogP contribution in [0.5, 0.6) is 5.75 Å². The summed E-state index contributed by atoms with van der Waals surface area (Å²) in [4.78, 5) is 12.5. The van der Waals surface area contributed by atoms with E-state index in [1.165, 1.54) is 24.6 Å². The van der Waals surface area contributed by atoms with Crippen LogP contribution in [0, 0.1) is 0 Å². The van der Waals surface area contributed by atoms with Gasteiger partial charge in [0.05, 0.1) is 0 Å². The van der Waals surface area contributed by atoms with Crippen LogP contribution in [0.3, 0.4) is 0 Å². The maximum absolute atomic E-state index is 13.6. The van der Waals surface area contributed by atoms with Gasteiger partial charge in [-0.3, -0.25) is 9.89 Å². The molecule has 0 aliphatic carbocycles. The molecule has 1 saturated heterocycles. The van der Waals surface area contributed by atoms with Gasteiger partial charge in [-0.1, -0.05) is 36.4 Å². The van der Waals surface area contributed by atoms with Crippen LogP contribution in [0.4, 0.5) is 4.39 Å². The second-order valence-electron chi connectivity index (χ2n) is 7.39. The smallest absolute Gasteiger partial charge is 0.130 e. The minimum absolute atomic E-state index is 0.0628. The van der Waals surface area contributed by atoms with Crippen molar-refractivity contribution in [3.8, 4) is 5.75 Å². The lowest BCUT2D eigenvalue weighted by Crippen LogP contribution is -2.45. The van der Waals surface area contributed by atoms with Crippen molar-refractivity contribution in [2.75, 3.05) is 33.2 Å². The summed E-state index contributed by atoms with van der Waals surface area (Å²) in [5.41, 5.74) is 7.77. The van der Waals surface area contributed by atoms with E-state index in [2.05, 4.69) is 33.3 Å². The first-order valence-corrected chi connectivity index (χ1v) is 10.8. The summed E-state index contributed by atoms with van der Waals surface area (Å²) in [6.45, 7) is 8.75. The predicted octanol–water partition coefficient (Wildman–Crippen LogP) is 4.61. The Morgan fingerprint density at radius 2 is 2.06 bits per heavy atom. The number of phenolic OH excluding ortho intramolecular Hbond substituents is 1. The van der Waals surface area contributed by atoms with Gasteiger partial charge in [-0.05, 0) is 37.6 Å². The molecule has 1 unspecified atom stereocenters. The van der Waals surface area contributed by atoms with Gasteiger partial charge in [0.1, 0.15) is 23.8 Å². The Morgan fingerprint density at radius 3 is 2.69 bits per heavy atom. The fourth-order valence-corrected chi connectivity index (χ4v) is 3.60. The van der Waals surface area contributed by atoms with Crippen LogP contribution in [-0.4, -0.2) is 60.3 Å². The molecule has 1 aliphatic rings. The van der Waals surface area contributed by atoms with E-state index in [1.54, 1.807) is 25.3 Å². The Balaban J connectivity index is 2.08. The van der Waals surface area contributed by atoms with Crippen molar-refractivity contribution in [1.29, 1.82) is 0 Å². The zero-order valence-electron chi connectivity index (χ0n) is 18.6. The lowest BCUT2D eigenvalue weighted by Gasteiger charge is -2.38. The number of nitrogens with zero attached hydrogens (tertiary/aromatic N) is 4. The van der Waals surface area contributed by atoms with E-state index in [1.807, 2.05) is 12.3 Å². The number of halogens is 2. The predicted molar refractivity (Wildman–Crippen MR) is 132 cm³/mol. The Kier molecular flexibility index (Phi) is 10.2. The molecule has 1 fully saturated rings. The van der Waals surface area contributed by atoms with Gasteiger partial charge >= 0.3 is 0 Å². The van der Waals surface area contributed by atoms with Gasteiger partial charge in [-0.2, -0.15) is 0 Å². The number of allylic oxidation sites excluding steroid dienone is 5. The number of amidine groups is 1. The fourth-order valence-electron chi connectivity index (χ4n) is 3.43. The van der Waals surface area contributed by atoms with Crippen LogP contribution in [0.2, 0.25) is 5.02 Å². The van der Waals surface area contributed by atoms with Crippen LogP contribution < -0.4 is 5.73 Å². The molecule has 8 heteroatoms. The van der Waals surface area contributed by atoms with E-state index in [0.29, 0.717) is 17.3 Å². The minimum atomic E-state index is -0.377. The molecule has 0 bridgehead atoms. The lowest BCUT2D eigenvalue weighted by atomic mass is 10.0. The summed E-state index contributed by atoms with van der Waals surface area (Å²) >= 11 is 5.95. The number of aliphatic imine (C=N–C) groups is 2. The van der Waals surface area contributed by atoms with Gasteiger partial charge in [0.25, 0.3) is 0 Å². The topological polar surface area (TPSA) is 77.5 Å². The summed E-state index contributed by atoms with van der Waals surface area (Å²) < 4.78 is 13.6. The molecule has 0 amide bonds. The second kappa shape index (κ2) is 12.8. The molecule has 3 N–H and O–H groups in total. The summed E-state index contributed by atoms with van der Waals surface area (Å²) in [6.07, 6.45) is 9.57. The maximum atomic E-state index is 13.6. The number of rotatable bonds is 9. The SMILES string of the molecule is C=C/C=C(F)\C=C/C/C(=C\N1CCN(C(C)c2ccc(Cl)cc2O)CC1)C(N)=NC=NC. The van der Waals surface area contributed by atoms with E-state index in [9.17, 15) is 9.50 Å². The maximum Gasteiger partial charge on any atom is 0.130 e. The van der Waals surface area contributed by atoms with Crippen LogP contribution in [0.15, 0.2) is 76.7 Å². The van der Waals surface area contributed by atoms with Crippen LogP contribution >= 0.6 is 11.6 Å². The van der Waals surface area contributed by atoms with Crippen LogP contribution in [0.25, 0.3) is 0 Å². The number of benzene rings is 1. The van der Waals surface area contributed by atoms with Crippen molar-refractivity contribution < 1.29 is 9.50 Å². The van der Waals surface area contributed by atoms with Crippen molar-refractivity contribution in [3.05, 3.63) is 77.3 Å². The molecular formula is C24H31ClFN5O. The van der Waals surface area contributed by atoms with Crippen molar-refractivity contribution in [1.82, 2.24) is 9.80 Å². The van der Waals surface area contributed by atoms with Gasteiger partial charge < -0.3 is 15.7 Å². The fraction of sp³-hybridized carbons (Fsp3) is 0.333. The highest BCUT2D eigenvalue weighted by Gasteiger charge is 2.23. The first kappa shape index (κ1) is 25.4. The Morgan fingerprint density at radius 1 is 1.34 bits per heavy atom. The normalized spacial score (nSPS) is 18.0. The molecule has 1 atom stereocenters. The molecule has 1 aromatic rings. The number of piperazine rings is 1. The number of phenols is 1. The molecule has 0 spiro atoms. The van der Waals surface area contributed by atoms with E-state index in [-0.39, 0.29) is 17.6 Å². The number of hydrogen-bond acceptors (Lipinski definition) is 4. The molecule has 1 aliphatic heterocycles. The monoisotopic (exact) mass is 459 g/mol. The highest BCUT2D eigenvalue weighted by atomic mass is 35.5. The van der Waals surface area contributed by atoms with Crippen LogP contribution in [0.1, 0.15) is 24.9 Å². The van der Waals surface area contributed by atoms with Crippen LogP contribution in [-0.2, 0) is 0 Å². The van der Waals surface area contributed by atoms with E-state index >= 15 is 0 Å². The van der Waals surface area contributed by atoms with Crippen molar-refractivity contribution in [3.63, 3.8) is 0 Å². The van der Waals surface area contributed by atoms with E-state index < -0.39 is 0 Å². The molecule has 32 heavy (non-hydrogen) atoms. The van der Waals surface area contributed by atoms with Crippen molar-refractivity contribution in [2.24, 2.45) is 15.7 Å². The second-order valence-corrected chi connectivity index (χ2v) is 7.82. The molecule has 172 valence electrons. The first-order chi connectivity index (χ1) is 15.3. The molecule has 0 saturated carbocycles. The summed E-state index contributed by atoms with van der Waals surface area (Å²) in [5.74, 6) is 0.175. The highest BCUT2D eigenvalue weighted by Crippen LogP contribution is 2.31. The first-order valence-electron chi connectivity index (χ1n) is 10.4. The highest BCUT2D eigenvalue weighted by molar-refractivity contribution is 6.30. The average Bonchev–Trinajstić information content (AvgIpc) is 2.77. The molecule has 0 radical (unpaired) electrons. The summed E-state index contributed by atoms with van der Waals surface area (Å²) in [5, 5.41) is 10.8. The van der Waals surface area contributed by atoms with Gasteiger partial charge in [0, 0.05) is 61.6 Å². The zero-order chi connectivity index (χ0) is 23.5. The average molecular weight is 460 g/mol. The third-order valence-corrected chi connectivity index (χ3v) is 5.45. The Bertz CT molecular complexity index is 930. The van der Waals surface area contributed by atoms with Gasteiger partial charge in [0.2, 0.25) is 0 Å². The van der Waals surface area contributed by atoms with Gasteiger partial charge in [-0.15, -0.1) is 0 Å². The van der Waals surface area contributed by atoms with E-state index in [4.69, 9.17) is 17.3 Å². The number of hydrogen-bond donors (Lipinski definition) is 2. The summed E-state index contributed by atoms with van der Waals surface area (Å²) in [7, 11) is 1.62. The van der Waals surface area contributed by atoms with Gasteiger partial charge in [0.15, 0.2) is 0 Å². The molecule has 0 aromatic heterocycles. The largest absolute Gasteiger partial charge is 0.508 e. The molecule has 6 nitrogen and oxygen atoms in total. The standard InChI is InChI=1S/C24H31ClFN5O/c1-4-6-21(26)8-5-7-19(24(27)29-17-28-3)16-30-11-13-31(14-12-30)18(2)22-10-9-20(25)15-23(22)32/h4-6,8-10,15-18,32H,1,7,11-14H2,2-3H3,(H2,27,28,29)/b8-5-,19-16+,21-6+. The zero-order valence-corrected chi connectivity index (χ0v) is 19.3. The van der Waals surface area contributed by atoms with Gasteiger partial charge in [-0.25, -0.2) is 9.38 Å². The molecular weight excluding hydrogens is 429 g/mol. The third kappa shape index (κ3) is 7.66. The van der Waals surface area contributed by atoms with Crippen molar-refractivity contribution >= 4 is 23.8 Å². The molecule has 1 aromatic carbocycles. The Labute approximate surface area is 194 Å². The number of aromatic hydroxyl groups is 1. The molecule has 1 heterocycles. The van der Waals surface area contributed by atoms with Crippen molar-refractivity contribution in [2.45, 2.75) is 19.4 Å². The lowest BCUT2D eigenvalue weighted by molar-refractivity contribution is 0.128. The van der Waals surface area contributed by atoms with E-state index in [0.717, 1.165) is 37.3 Å². The summed E-state index contributed by atoms with van der Waals surface area (Å²) in [6, 6.07) is 5.29. The minimum Gasteiger partial charge on any atom is -0.508 e. The molecule has 2 rings (SSSR count). The Hall–Kier alpha value is -2.90. The third-order valence-electron chi connectivity index (χ3n) is 5.21. The quantitative estimate of drug-likeness (QED) is 0.321.